The third kappa shape index (κ3) is 7.04. The van der Waals surface area contributed by atoms with Crippen LogP contribution in [-0.4, -0.2) is 38.8 Å². The molecule has 0 bridgehead atoms. The Morgan fingerprint density at radius 2 is 2.38 bits per heavy atom. The second-order valence-corrected chi connectivity index (χ2v) is 3.94. The molecule has 0 aromatic rings. The molecule has 1 atom stereocenters. The van der Waals surface area contributed by atoms with Crippen molar-refractivity contribution < 1.29 is 9.53 Å². The maximum atomic E-state index is 11.4. The quantitative estimate of drug-likeness (QED) is 0.662. The van der Waals surface area contributed by atoms with E-state index < -0.39 is 0 Å². The Hall–Kier alpha value is -0.320. The number of amides is 1. The van der Waals surface area contributed by atoms with Crippen molar-refractivity contribution in [3.8, 4) is 0 Å². The smallest absolute Gasteiger partial charge is 0.220 e. The van der Waals surface area contributed by atoms with Gasteiger partial charge in [-0.2, -0.15) is 0 Å². The summed E-state index contributed by atoms with van der Waals surface area (Å²) in [6.45, 7) is 6.10. The molecule has 0 aliphatic carbocycles. The van der Waals surface area contributed by atoms with E-state index in [1.54, 1.807) is 0 Å². The summed E-state index contributed by atoms with van der Waals surface area (Å²) < 4.78 is 5.14. The van der Waals surface area contributed by atoms with Gasteiger partial charge in [0.1, 0.15) is 0 Å². The lowest BCUT2D eigenvalue weighted by molar-refractivity contribution is -0.121. The number of carbonyl (C=O) groups is 1. The first-order chi connectivity index (χ1) is 7.33. The van der Waals surface area contributed by atoms with Crippen molar-refractivity contribution in [2.24, 2.45) is 5.92 Å². The second-order valence-electron chi connectivity index (χ2n) is 3.94. The van der Waals surface area contributed by atoms with Crippen LogP contribution in [0.3, 0.4) is 0 Å². The zero-order valence-corrected chi connectivity index (χ0v) is 10.8. The van der Waals surface area contributed by atoms with Crippen LogP contribution in [0.4, 0.5) is 0 Å². The average Bonchev–Trinajstić information content (AvgIpc) is 2.74. The summed E-state index contributed by atoms with van der Waals surface area (Å²) in [4.78, 5) is 11.4. The topological polar surface area (TPSA) is 50.4 Å². The molecular weight excluding hydrogens is 228 g/mol. The van der Waals surface area contributed by atoms with Crippen LogP contribution in [0.25, 0.3) is 0 Å². The SMILES string of the molecule is CCOCCNC(=O)CCC1CCNC1.Cl. The zero-order chi connectivity index (χ0) is 10.9. The molecule has 2 N–H and O–H groups in total. The van der Waals surface area contributed by atoms with E-state index in [1.807, 2.05) is 6.92 Å². The number of hydrogen-bond acceptors (Lipinski definition) is 3. The molecule has 16 heavy (non-hydrogen) atoms. The van der Waals surface area contributed by atoms with E-state index >= 15 is 0 Å². The van der Waals surface area contributed by atoms with Gasteiger partial charge in [-0.25, -0.2) is 0 Å². The zero-order valence-electron chi connectivity index (χ0n) is 9.96. The van der Waals surface area contributed by atoms with Crippen molar-refractivity contribution >= 4 is 18.3 Å². The maximum Gasteiger partial charge on any atom is 0.220 e. The number of rotatable bonds is 7. The average molecular weight is 251 g/mol. The molecule has 1 fully saturated rings. The summed E-state index contributed by atoms with van der Waals surface area (Å²) >= 11 is 0. The van der Waals surface area contributed by atoms with Crippen molar-refractivity contribution in [1.82, 2.24) is 10.6 Å². The third-order valence-corrected chi connectivity index (χ3v) is 2.71. The highest BCUT2D eigenvalue weighted by molar-refractivity contribution is 5.85. The second kappa shape index (κ2) is 9.87. The lowest BCUT2D eigenvalue weighted by Crippen LogP contribution is -2.27. The van der Waals surface area contributed by atoms with Gasteiger partial charge in [0.25, 0.3) is 0 Å². The molecule has 1 aliphatic rings. The fourth-order valence-corrected chi connectivity index (χ4v) is 1.79. The fraction of sp³-hybridized carbons (Fsp3) is 0.909. The van der Waals surface area contributed by atoms with Gasteiger partial charge in [0, 0.05) is 19.6 Å². The highest BCUT2D eigenvalue weighted by atomic mass is 35.5. The molecular formula is C11H23ClN2O2. The minimum atomic E-state index is 0. The van der Waals surface area contributed by atoms with E-state index in [9.17, 15) is 4.79 Å². The molecule has 5 heteroatoms. The monoisotopic (exact) mass is 250 g/mol. The standard InChI is InChI=1S/C11H22N2O2.ClH/c1-2-15-8-7-13-11(14)4-3-10-5-6-12-9-10;/h10,12H,2-9H2,1H3,(H,13,14);1H. The Labute approximate surface area is 104 Å². The lowest BCUT2D eigenvalue weighted by Gasteiger charge is -2.08. The molecule has 4 nitrogen and oxygen atoms in total. The largest absolute Gasteiger partial charge is 0.380 e. The van der Waals surface area contributed by atoms with Gasteiger partial charge in [-0.3, -0.25) is 4.79 Å². The van der Waals surface area contributed by atoms with E-state index in [-0.39, 0.29) is 18.3 Å². The van der Waals surface area contributed by atoms with Crippen LogP contribution in [0.5, 0.6) is 0 Å². The molecule has 0 spiro atoms. The predicted molar refractivity (Wildman–Crippen MR) is 67.0 cm³/mol. The van der Waals surface area contributed by atoms with Crippen LogP contribution in [0.15, 0.2) is 0 Å². The highest BCUT2D eigenvalue weighted by Crippen LogP contribution is 2.13. The molecule has 96 valence electrons. The summed E-state index contributed by atoms with van der Waals surface area (Å²) in [6.07, 6.45) is 2.87. The van der Waals surface area contributed by atoms with Crippen molar-refractivity contribution in [3.05, 3.63) is 0 Å². The van der Waals surface area contributed by atoms with Gasteiger partial charge in [-0.05, 0) is 38.8 Å². The Balaban J connectivity index is 0.00000225. The lowest BCUT2D eigenvalue weighted by atomic mass is 10.0. The van der Waals surface area contributed by atoms with E-state index in [0.717, 1.165) is 19.5 Å². The van der Waals surface area contributed by atoms with Crippen molar-refractivity contribution in [2.75, 3.05) is 32.8 Å². The third-order valence-electron chi connectivity index (χ3n) is 2.71. The fourth-order valence-electron chi connectivity index (χ4n) is 1.79. The van der Waals surface area contributed by atoms with Gasteiger partial charge in [0.15, 0.2) is 0 Å². The summed E-state index contributed by atoms with van der Waals surface area (Å²) in [6, 6.07) is 0. The van der Waals surface area contributed by atoms with Gasteiger partial charge < -0.3 is 15.4 Å². The predicted octanol–water partition coefficient (Wildman–Crippen LogP) is 0.951. The van der Waals surface area contributed by atoms with Gasteiger partial charge in [0.05, 0.1) is 6.61 Å². The molecule has 0 saturated carbocycles. The first-order valence-electron chi connectivity index (χ1n) is 5.88. The van der Waals surface area contributed by atoms with E-state index in [4.69, 9.17) is 4.74 Å². The Kier molecular flexibility index (Phi) is 9.68. The molecule has 1 amide bonds. The summed E-state index contributed by atoms with van der Waals surface area (Å²) in [5.74, 6) is 0.851. The molecule has 1 saturated heterocycles. The maximum absolute atomic E-state index is 11.4. The minimum Gasteiger partial charge on any atom is -0.380 e. The Morgan fingerprint density at radius 1 is 1.56 bits per heavy atom. The van der Waals surface area contributed by atoms with Gasteiger partial charge >= 0.3 is 0 Å². The van der Waals surface area contributed by atoms with Crippen molar-refractivity contribution in [1.29, 1.82) is 0 Å². The number of nitrogens with one attached hydrogen (secondary N) is 2. The van der Waals surface area contributed by atoms with Crippen molar-refractivity contribution in [3.63, 3.8) is 0 Å². The summed E-state index contributed by atoms with van der Waals surface area (Å²) in [5.41, 5.74) is 0. The molecule has 0 aromatic heterocycles. The van der Waals surface area contributed by atoms with Crippen LogP contribution in [0.2, 0.25) is 0 Å². The van der Waals surface area contributed by atoms with Crippen LogP contribution in [-0.2, 0) is 9.53 Å². The number of carbonyl (C=O) groups excluding carboxylic acids is 1. The molecule has 0 aromatic carbocycles. The number of hydrogen-bond donors (Lipinski definition) is 2. The van der Waals surface area contributed by atoms with Gasteiger partial charge in [0.2, 0.25) is 5.91 Å². The van der Waals surface area contributed by atoms with Crippen molar-refractivity contribution in [2.45, 2.75) is 26.2 Å². The molecule has 1 heterocycles. The van der Waals surface area contributed by atoms with Crippen LogP contribution in [0, 0.1) is 5.92 Å². The molecule has 1 unspecified atom stereocenters. The number of halogens is 1. The van der Waals surface area contributed by atoms with Crippen LogP contribution in [0.1, 0.15) is 26.2 Å². The van der Waals surface area contributed by atoms with Gasteiger partial charge in [-0.15, -0.1) is 12.4 Å². The van der Waals surface area contributed by atoms with E-state index in [1.165, 1.54) is 6.42 Å². The molecule has 0 radical (unpaired) electrons. The van der Waals surface area contributed by atoms with E-state index in [2.05, 4.69) is 10.6 Å². The highest BCUT2D eigenvalue weighted by Gasteiger charge is 2.15. The van der Waals surface area contributed by atoms with Gasteiger partial charge in [-0.1, -0.05) is 0 Å². The summed E-state index contributed by atoms with van der Waals surface area (Å²) in [7, 11) is 0. The Bertz CT molecular complexity index is 185. The molecule has 1 rings (SSSR count). The first-order valence-corrected chi connectivity index (χ1v) is 5.88. The molecule has 1 aliphatic heterocycles. The summed E-state index contributed by atoms with van der Waals surface area (Å²) in [5, 5.41) is 6.16. The number of ether oxygens (including phenoxy) is 1. The minimum absolute atomic E-state index is 0. The normalized spacial score (nSPS) is 19.2. The van der Waals surface area contributed by atoms with E-state index in [0.29, 0.717) is 32.1 Å². The first kappa shape index (κ1) is 15.7. The Morgan fingerprint density at radius 3 is 3.00 bits per heavy atom. The van der Waals surface area contributed by atoms with Crippen LogP contribution < -0.4 is 10.6 Å². The van der Waals surface area contributed by atoms with Crippen LogP contribution >= 0.6 is 12.4 Å².